The summed E-state index contributed by atoms with van der Waals surface area (Å²) >= 11 is 2.24. The summed E-state index contributed by atoms with van der Waals surface area (Å²) in [5, 5.41) is 0. The first-order valence-corrected chi connectivity index (χ1v) is 9.25. The topological polar surface area (TPSA) is 20.3 Å². The molecule has 0 saturated carbocycles. The van der Waals surface area contributed by atoms with Crippen molar-refractivity contribution in [2.75, 3.05) is 14.1 Å². The summed E-state index contributed by atoms with van der Waals surface area (Å²) in [6.45, 7) is 0.934. The Labute approximate surface area is 162 Å². The molecule has 0 aliphatic carbocycles. The lowest BCUT2D eigenvalue weighted by molar-refractivity contribution is 0.103. The van der Waals surface area contributed by atoms with E-state index in [1.165, 1.54) is 5.56 Å². The van der Waals surface area contributed by atoms with Gasteiger partial charge in [-0.05, 0) is 77.6 Å². The highest BCUT2D eigenvalue weighted by Gasteiger charge is 2.09. The van der Waals surface area contributed by atoms with Crippen LogP contribution in [0.15, 0.2) is 72.8 Å². The molecule has 0 saturated heterocycles. The molecule has 3 heteroatoms. The zero-order valence-electron chi connectivity index (χ0n) is 14.4. The number of carbonyl (C=O) groups excluding carboxylic acids is 1. The van der Waals surface area contributed by atoms with Gasteiger partial charge in [-0.1, -0.05) is 48.5 Å². The quantitative estimate of drug-likeness (QED) is 0.398. The summed E-state index contributed by atoms with van der Waals surface area (Å²) in [6.07, 6.45) is 0. The number of ketones is 1. The van der Waals surface area contributed by atoms with Gasteiger partial charge in [0.25, 0.3) is 0 Å². The van der Waals surface area contributed by atoms with Crippen LogP contribution in [0, 0.1) is 3.57 Å². The van der Waals surface area contributed by atoms with Crippen LogP contribution >= 0.6 is 22.6 Å². The second-order valence-electron chi connectivity index (χ2n) is 6.35. The molecule has 126 valence electrons. The lowest BCUT2D eigenvalue weighted by atomic mass is 9.99. The maximum Gasteiger partial charge on any atom is 0.193 e. The molecule has 0 N–H and O–H groups in total. The molecule has 2 nitrogen and oxygen atoms in total. The molecule has 3 rings (SSSR count). The third kappa shape index (κ3) is 4.55. The molecule has 0 aromatic heterocycles. The van der Waals surface area contributed by atoms with Gasteiger partial charge in [-0.25, -0.2) is 0 Å². The molecular weight excluding hydrogens is 421 g/mol. The van der Waals surface area contributed by atoms with Crippen LogP contribution in [0.4, 0.5) is 0 Å². The molecule has 0 heterocycles. The summed E-state index contributed by atoms with van der Waals surface area (Å²) in [6, 6.07) is 24.1. The van der Waals surface area contributed by atoms with Gasteiger partial charge in [-0.15, -0.1) is 0 Å². The van der Waals surface area contributed by atoms with Crippen molar-refractivity contribution in [2.24, 2.45) is 0 Å². The van der Waals surface area contributed by atoms with Gasteiger partial charge in [-0.3, -0.25) is 4.79 Å². The molecule has 0 unspecified atom stereocenters. The van der Waals surface area contributed by atoms with Gasteiger partial charge in [0.05, 0.1) is 0 Å². The number of hydrogen-bond donors (Lipinski definition) is 0. The Hall–Kier alpha value is -1.98. The van der Waals surface area contributed by atoms with E-state index in [0.29, 0.717) is 5.56 Å². The molecular formula is C22H20INO. The Bertz CT molecular complexity index is 850. The van der Waals surface area contributed by atoms with E-state index in [1.54, 1.807) is 0 Å². The summed E-state index contributed by atoms with van der Waals surface area (Å²) in [5.41, 5.74) is 5.01. The fourth-order valence-electron chi connectivity index (χ4n) is 2.75. The van der Waals surface area contributed by atoms with Crippen LogP contribution < -0.4 is 0 Å². The number of benzene rings is 3. The maximum absolute atomic E-state index is 12.5. The standard InChI is InChI=1S/C22H20INO/c1-24(2)15-16-3-5-17(6-4-16)18-7-9-19(10-8-18)22(25)20-11-13-21(23)14-12-20/h3-14H,15H2,1-2H3. The van der Waals surface area contributed by atoms with Crippen molar-refractivity contribution >= 4 is 28.4 Å². The monoisotopic (exact) mass is 441 g/mol. The summed E-state index contributed by atoms with van der Waals surface area (Å²) in [7, 11) is 4.13. The molecule has 0 aliphatic heterocycles. The molecule has 0 radical (unpaired) electrons. The van der Waals surface area contributed by atoms with Crippen molar-refractivity contribution in [2.45, 2.75) is 6.54 Å². The predicted molar refractivity (Wildman–Crippen MR) is 112 cm³/mol. The highest BCUT2D eigenvalue weighted by atomic mass is 127. The fourth-order valence-corrected chi connectivity index (χ4v) is 3.11. The minimum Gasteiger partial charge on any atom is -0.305 e. The highest BCUT2D eigenvalue weighted by Crippen LogP contribution is 2.22. The summed E-state index contributed by atoms with van der Waals surface area (Å²) in [5.74, 6) is 0.0595. The second-order valence-corrected chi connectivity index (χ2v) is 7.59. The van der Waals surface area contributed by atoms with E-state index < -0.39 is 0 Å². The van der Waals surface area contributed by atoms with Crippen LogP contribution in [0.3, 0.4) is 0 Å². The molecule has 0 aliphatic rings. The predicted octanol–water partition coefficient (Wildman–Crippen LogP) is 5.25. The highest BCUT2D eigenvalue weighted by molar-refractivity contribution is 14.1. The Morgan fingerprint density at radius 3 is 1.68 bits per heavy atom. The summed E-state index contributed by atoms with van der Waals surface area (Å²) < 4.78 is 1.13. The van der Waals surface area contributed by atoms with Crippen LogP contribution in [0.2, 0.25) is 0 Å². The number of rotatable bonds is 5. The minimum atomic E-state index is 0.0595. The number of carbonyl (C=O) groups is 1. The molecule has 0 bridgehead atoms. The first-order chi connectivity index (χ1) is 12.0. The maximum atomic E-state index is 12.5. The number of hydrogen-bond acceptors (Lipinski definition) is 2. The minimum absolute atomic E-state index is 0.0595. The van der Waals surface area contributed by atoms with E-state index in [4.69, 9.17) is 0 Å². The van der Waals surface area contributed by atoms with Crippen LogP contribution in [0.25, 0.3) is 11.1 Å². The number of halogens is 1. The smallest absolute Gasteiger partial charge is 0.193 e. The van der Waals surface area contributed by atoms with Crippen molar-refractivity contribution in [3.05, 3.63) is 93.1 Å². The van der Waals surface area contributed by atoms with Gasteiger partial charge in [0, 0.05) is 21.2 Å². The third-order valence-corrected chi connectivity index (χ3v) is 4.76. The van der Waals surface area contributed by atoms with E-state index in [9.17, 15) is 4.79 Å². The van der Waals surface area contributed by atoms with E-state index >= 15 is 0 Å². The average molecular weight is 441 g/mol. The SMILES string of the molecule is CN(C)Cc1ccc(-c2ccc(C(=O)c3ccc(I)cc3)cc2)cc1. The lowest BCUT2D eigenvalue weighted by Gasteiger charge is -2.10. The molecule has 0 amide bonds. The van der Waals surface area contributed by atoms with Crippen molar-refractivity contribution in [1.29, 1.82) is 0 Å². The second kappa shape index (κ2) is 7.93. The van der Waals surface area contributed by atoms with Crippen molar-refractivity contribution < 1.29 is 4.79 Å². The van der Waals surface area contributed by atoms with E-state index in [-0.39, 0.29) is 5.78 Å². The van der Waals surface area contributed by atoms with Crippen LogP contribution in [-0.4, -0.2) is 24.8 Å². The Morgan fingerprint density at radius 2 is 1.20 bits per heavy atom. The molecule has 0 fully saturated rings. The molecule has 3 aromatic rings. The van der Waals surface area contributed by atoms with E-state index in [0.717, 1.165) is 26.8 Å². The Balaban J connectivity index is 1.77. The molecule has 25 heavy (non-hydrogen) atoms. The van der Waals surface area contributed by atoms with Gasteiger partial charge in [0.2, 0.25) is 0 Å². The first kappa shape index (κ1) is 17.8. The Morgan fingerprint density at radius 1 is 0.760 bits per heavy atom. The first-order valence-electron chi connectivity index (χ1n) is 8.17. The van der Waals surface area contributed by atoms with Crippen LogP contribution in [0.1, 0.15) is 21.5 Å². The van der Waals surface area contributed by atoms with Crippen molar-refractivity contribution in [1.82, 2.24) is 4.90 Å². The third-order valence-electron chi connectivity index (χ3n) is 4.04. The zero-order valence-corrected chi connectivity index (χ0v) is 16.5. The average Bonchev–Trinajstić information content (AvgIpc) is 2.62. The molecule has 3 aromatic carbocycles. The Kier molecular flexibility index (Phi) is 5.66. The van der Waals surface area contributed by atoms with E-state index in [2.05, 4.69) is 65.9 Å². The van der Waals surface area contributed by atoms with Crippen LogP contribution in [-0.2, 0) is 6.54 Å². The summed E-state index contributed by atoms with van der Waals surface area (Å²) in [4.78, 5) is 14.7. The van der Waals surface area contributed by atoms with Crippen LogP contribution in [0.5, 0.6) is 0 Å². The van der Waals surface area contributed by atoms with Gasteiger partial charge >= 0.3 is 0 Å². The van der Waals surface area contributed by atoms with Gasteiger partial charge in [0.15, 0.2) is 5.78 Å². The largest absolute Gasteiger partial charge is 0.305 e. The van der Waals surface area contributed by atoms with Crippen molar-refractivity contribution in [3.63, 3.8) is 0 Å². The normalized spacial score (nSPS) is 10.9. The van der Waals surface area contributed by atoms with Crippen molar-refractivity contribution in [3.8, 4) is 11.1 Å². The van der Waals surface area contributed by atoms with Gasteiger partial charge in [-0.2, -0.15) is 0 Å². The molecule has 0 atom stereocenters. The lowest BCUT2D eigenvalue weighted by Crippen LogP contribution is -2.10. The molecule has 0 spiro atoms. The van der Waals surface area contributed by atoms with Gasteiger partial charge in [0.1, 0.15) is 0 Å². The van der Waals surface area contributed by atoms with E-state index in [1.807, 2.05) is 48.5 Å². The zero-order chi connectivity index (χ0) is 17.8. The number of nitrogens with zero attached hydrogens (tertiary/aromatic N) is 1. The van der Waals surface area contributed by atoms with Gasteiger partial charge < -0.3 is 4.90 Å². The fraction of sp³-hybridized carbons (Fsp3) is 0.136.